The molecule has 2 amide bonds. The molecule has 1 fully saturated rings. The number of alkyl carbamates (subject to hydrolysis) is 1. The maximum Gasteiger partial charge on any atom is 0.407 e. The fourth-order valence-electron chi connectivity index (χ4n) is 3.82. The first-order chi connectivity index (χ1) is 15.1. The third kappa shape index (κ3) is 15.6. The van der Waals surface area contributed by atoms with E-state index in [4.69, 9.17) is 4.74 Å². The van der Waals surface area contributed by atoms with Crippen molar-refractivity contribution in [3.63, 3.8) is 0 Å². The van der Waals surface area contributed by atoms with E-state index in [0.29, 0.717) is 37.9 Å². The van der Waals surface area contributed by atoms with Gasteiger partial charge in [-0.15, -0.1) is 0 Å². The van der Waals surface area contributed by atoms with E-state index >= 15 is 0 Å². The van der Waals surface area contributed by atoms with Gasteiger partial charge in [0.2, 0.25) is 5.91 Å². The van der Waals surface area contributed by atoms with E-state index in [2.05, 4.69) is 22.3 Å². The molecular formula is C24H42N2O5. The Hall–Kier alpha value is -1.79. The van der Waals surface area contributed by atoms with Crippen LogP contribution < -0.4 is 10.6 Å². The van der Waals surface area contributed by atoms with E-state index in [1.165, 1.54) is 38.5 Å². The molecular weight excluding hydrogens is 396 g/mol. The number of nitrogens with one attached hydrogen (secondary N) is 2. The summed E-state index contributed by atoms with van der Waals surface area (Å²) in [4.78, 5) is 33.5. The van der Waals surface area contributed by atoms with Crippen molar-refractivity contribution >= 4 is 18.5 Å². The van der Waals surface area contributed by atoms with E-state index in [-0.39, 0.29) is 5.91 Å². The summed E-state index contributed by atoms with van der Waals surface area (Å²) in [7, 11) is 0. The molecule has 31 heavy (non-hydrogen) atoms. The third-order valence-electron chi connectivity index (χ3n) is 5.88. The van der Waals surface area contributed by atoms with E-state index < -0.39 is 6.09 Å². The highest BCUT2D eigenvalue weighted by molar-refractivity contribution is 5.84. The van der Waals surface area contributed by atoms with Gasteiger partial charge in [-0.2, -0.15) is 0 Å². The number of carbonyl (C=O) groups is 3. The van der Waals surface area contributed by atoms with Crippen molar-refractivity contribution in [1.29, 1.82) is 0 Å². The molecule has 0 aromatic heterocycles. The molecule has 0 bridgehead atoms. The molecule has 1 heterocycles. The highest BCUT2D eigenvalue weighted by Gasteiger charge is 2.21. The minimum Gasteiger partial charge on any atom is -0.468 e. The SMILES string of the molecule is CC1CNC(=O)O[CH]CCC1C[CH]C(=O)NCCCCCCCCCCCCOC=O. The lowest BCUT2D eigenvalue weighted by Gasteiger charge is -2.22. The summed E-state index contributed by atoms with van der Waals surface area (Å²) in [5.41, 5.74) is 0. The zero-order chi connectivity index (χ0) is 22.6. The predicted octanol–water partition coefficient (Wildman–Crippen LogP) is 4.71. The number of amides is 2. The average Bonchev–Trinajstić information content (AvgIpc) is 2.84. The number of hydrogen-bond acceptors (Lipinski definition) is 5. The minimum atomic E-state index is -0.396. The van der Waals surface area contributed by atoms with Crippen LogP contribution in [0.1, 0.15) is 90.4 Å². The molecule has 7 heteroatoms. The van der Waals surface area contributed by atoms with Gasteiger partial charge in [-0.3, -0.25) is 9.59 Å². The number of cyclic esters (lactones) is 1. The first-order valence-electron chi connectivity index (χ1n) is 12.1. The summed E-state index contributed by atoms with van der Waals surface area (Å²) < 4.78 is 9.62. The molecule has 0 aliphatic carbocycles. The number of unbranched alkanes of at least 4 members (excludes halogenated alkanes) is 9. The predicted molar refractivity (Wildman–Crippen MR) is 121 cm³/mol. The Morgan fingerprint density at radius 2 is 1.77 bits per heavy atom. The molecule has 2 N–H and O–H groups in total. The average molecular weight is 439 g/mol. The van der Waals surface area contributed by atoms with Crippen molar-refractivity contribution < 1.29 is 23.9 Å². The maximum atomic E-state index is 12.1. The smallest absolute Gasteiger partial charge is 0.407 e. The molecule has 2 unspecified atom stereocenters. The second-order valence-electron chi connectivity index (χ2n) is 8.50. The number of rotatable bonds is 17. The van der Waals surface area contributed by atoms with E-state index in [1.54, 1.807) is 13.0 Å². The topological polar surface area (TPSA) is 93.7 Å². The Kier molecular flexibility index (Phi) is 16.6. The lowest BCUT2D eigenvalue weighted by atomic mass is 9.86. The van der Waals surface area contributed by atoms with Crippen molar-refractivity contribution in [2.45, 2.75) is 90.4 Å². The zero-order valence-corrected chi connectivity index (χ0v) is 19.2. The quantitative estimate of drug-likeness (QED) is 0.253. The molecule has 178 valence electrons. The molecule has 0 saturated carbocycles. The second kappa shape index (κ2) is 18.9. The van der Waals surface area contributed by atoms with Gasteiger partial charge in [-0.25, -0.2) is 4.79 Å². The van der Waals surface area contributed by atoms with Crippen LogP contribution in [0.5, 0.6) is 0 Å². The number of carbonyl (C=O) groups excluding carboxylic acids is 3. The third-order valence-corrected chi connectivity index (χ3v) is 5.88. The summed E-state index contributed by atoms with van der Waals surface area (Å²) in [5, 5.41) is 5.75. The van der Waals surface area contributed by atoms with Crippen LogP contribution in [0.15, 0.2) is 0 Å². The number of hydrogen-bond donors (Lipinski definition) is 2. The van der Waals surface area contributed by atoms with Gasteiger partial charge in [0.05, 0.1) is 6.61 Å². The molecule has 7 nitrogen and oxygen atoms in total. The van der Waals surface area contributed by atoms with Crippen LogP contribution in [0, 0.1) is 24.9 Å². The fourth-order valence-corrected chi connectivity index (χ4v) is 3.82. The van der Waals surface area contributed by atoms with Crippen LogP contribution in [-0.4, -0.2) is 38.2 Å². The lowest BCUT2D eigenvalue weighted by Crippen LogP contribution is -2.31. The van der Waals surface area contributed by atoms with Crippen molar-refractivity contribution in [2.24, 2.45) is 11.8 Å². The van der Waals surface area contributed by atoms with Gasteiger partial charge in [-0.05, 0) is 43.9 Å². The van der Waals surface area contributed by atoms with Crippen molar-refractivity contribution in [3.8, 4) is 0 Å². The van der Waals surface area contributed by atoms with Gasteiger partial charge < -0.3 is 20.1 Å². The summed E-state index contributed by atoms with van der Waals surface area (Å²) in [6.07, 6.45) is 15.5. The Morgan fingerprint density at radius 3 is 2.45 bits per heavy atom. The van der Waals surface area contributed by atoms with Gasteiger partial charge in [0.25, 0.3) is 6.47 Å². The van der Waals surface area contributed by atoms with Crippen LogP contribution in [0.2, 0.25) is 0 Å². The van der Waals surface area contributed by atoms with Crippen molar-refractivity contribution in [3.05, 3.63) is 13.0 Å². The summed E-state index contributed by atoms with van der Waals surface area (Å²) in [6, 6.07) is 0. The van der Waals surface area contributed by atoms with Gasteiger partial charge in [-0.1, -0.05) is 58.3 Å². The molecule has 2 radical (unpaired) electrons. The second-order valence-corrected chi connectivity index (χ2v) is 8.50. The molecule has 1 aliphatic heterocycles. The number of ether oxygens (including phenoxy) is 2. The highest BCUT2D eigenvalue weighted by Crippen LogP contribution is 2.24. The highest BCUT2D eigenvalue weighted by atomic mass is 16.5. The molecule has 0 aromatic carbocycles. The lowest BCUT2D eigenvalue weighted by molar-refractivity contribution is -0.128. The first-order valence-corrected chi connectivity index (χ1v) is 12.1. The van der Waals surface area contributed by atoms with Crippen LogP contribution in [-0.2, 0) is 19.1 Å². The van der Waals surface area contributed by atoms with Crippen LogP contribution in [0.3, 0.4) is 0 Å². The normalized spacial score (nSPS) is 19.3. The Bertz CT molecular complexity index is 487. The monoisotopic (exact) mass is 438 g/mol. The summed E-state index contributed by atoms with van der Waals surface area (Å²) in [5.74, 6) is 0.670. The molecule has 1 rings (SSSR count). The molecule has 0 aromatic rings. The van der Waals surface area contributed by atoms with Gasteiger partial charge in [0.1, 0.15) is 6.61 Å². The first kappa shape index (κ1) is 27.2. The Labute approximate surface area is 188 Å². The van der Waals surface area contributed by atoms with E-state index in [1.807, 2.05) is 0 Å². The van der Waals surface area contributed by atoms with Crippen LogP contribution >= 0.6 is 0 Å². The maximum absolute atomic E-state index is 12.1. The van der Waals surface area contributed by atoms with Gasteiger partial charge in [0, 0.05) is 19.5 Å². The molecule has 0 spiro atoms. The van der Waals surface area contributed by atoms with Crippen molar-refractivity contribution in [1.82, 2.24) is 10.6 Å². The van der Waals surface area contributed by atoms with Gasteiger partial charge >= 0.3 is 6.09 Å². The van der Waals surface area contributed by atoms with Crippen LogP contribution in [0.25, 0.3) is 0 Å². The summed E-state index contributed by atoms with van der Waals surface area (Å²) >= 11 is 0. The molecule has 1 saturated heterocycles. The molecule has 1 aliphatic rings. The van der Waals surface area contributed by atoms with E-state index in [0.717, 1.165) is 45.1 Å². The van der Waals surface area contributed by atoms with Gasteiger partial charge in [0.15, 0.2) is 0 Å². The van der Waals surface area contributed by atoms with Crippen LogP contribution in [0.4, 0.5) is 4.79 Å². The minimum absolute atomic E-state index is 0.00915. The Morgan fingerprint density at radius 1 is 1.13 bits per heavy atom. The fraction of sp³-hybridized carbons (Fsp3) is 0.792. The van der Waals surface area contributed by atoms with E-state index in [9.17, 15) is 14.4 Å². The largest absolute Gasteiger partial charge is 0.468 e. The van der Waals surface area contributed by atoms with Crippen molar-refractivity contribution in [2.75, 3.05) is 19.7 Å². The molecule has 2 atom stereocenters. The summed E-state index contributed by atoms with van der Waals surface area (Å²) in [6.45, 7) is 6.02. The Balaban J connectivity index is 1.93. The zero-order valence-electron chi connectivity index (χ0n) is 19.2. The standard InChI is InChI=1S/C24H42N2O5/c1-21-19-26-24(29)31-18-12-13-22(21)14-15-23(28)25-16-10-8-6-4-2-3-5-7-9-11-17-30-20-27/h15,18,20-22H,2-14,16-17,19H2,1H3,(H,25,28)(H,26,29).